The summed E-state index contributed by atoms with van der Waals surface area (Å²) >= 11 is 0. The highest BCUT2D eigenvalue weighted by molar-refractivity contribution is 6.00. The molecule has 4 heteroatoms. The van der Waals surface area contributed by atoms with Crippen LogP contribution >= 0.6 is 0 Å². The molecular weight excluding hydrogens is 250 g/mol. The van der Waals surface area contributed by atoms with Crippen molar-refractivity contribution in [3.05, 3.63) is 36.5 Å². The first-order valence-corrected chi connectivity index (χ1v) is 7.07. The first-order valence-electron chi connectivity index (χ1n) is 7.07. The highest BCUT2D eigenvalue weighted by atomic mass is 16.2. The Morgan fingerprint density at radius 2 is 2.20 bits per heavy atom. The molecule has 0 bridgehead atoms. The third kappa shape index (κ3) is 2.39. The summed E-state index contributed by atoms with van der Waals surface area (Å²) in [5.41, 5.74) is 1.92. The molecular formula is C16H19N3O. The fourth-order valence-corrected chi connectivity index (χ4v) is 2.72. The lowest BCUT2D eigenvalue weighted by atomic mass is 10.2. The van der Waals surface area contributed by atoms with Crippen molar-refractivity contribution in [3.8, 4) is 0 Å². The maximum absolute atomic E-state index is 12.4. The molecule has 1 aromatic heterocycles. The van der Waals surface area contributed by atoms with Crippen LogP contribution in [0.15, 0.2) is 36.5 Å². The topological polar surface area (TPSA) is 45.2 Å². The zero-order valence-electron chi connectivity index (χ0n) is 11.8. The van der Waals surface area contributed by atoms with E-state index in [9.17, 15) is 4.79 Å². The number of pyridine rings is 1. The van der Waals surface area contributed by atoms with E-state index < -0.39 is 0 Å². The van der Waals surface area contributed by atoms with Crippen molar-refractivity contribution in [3.63, 3.8) is 0 Å². The summed E-state index contributed by atoms with van der Waals surface area (Å²) in [5.74, 6) is 0.168. The van der Waals surface area contributed by atoms with E-state index in [1.54, 1.807) is 6.20 Å². The van der Waals surface area contributed by atoms with Crippen molar-refractivity contribution >= 4 is 22.5 Å². The molecule has 1 fully saturated rings. The number of anilines is 1. The largest absolute Gasteiger partial charge is 0.311 e. The molecule has 4 nitrogen and oxygen atoms in total. The lowest BCUT2D eigenvalue weighted by Gasteiger charge is -2.18. The molecule has 1 aromatic carbocycles. The van der Waals surface area contributed by atoms with Gasteiger partial charge in [0.2, 0.25) is 5.91 Å². The number of hydrogen-bond donors (Lipinski definition) is 1. The molecule has 0 radical (unpaired) electrons. The van der Waals surface area contributed by atoms with Crippen LogP contribution in [0.25, 0.3) is 10.9 Å². The van der Waals surface area contributed by atoms with Crippen LogP contribution in [0.3, 0.4) is 0 Å². The minimum Gasteiger partial charge on any atom is -0.311 e. The summed E-state index contributed by atoms with van der Waals surface area (Å²) in [5, 5.41) is 4.39. The van der Waals surface area contributed by atoms with Gasteiger partial charge in [-0.05, 0) is 30.7 Å². The third-order valence-electron chi connectivity index (χ3n) is 3.64. The molecule has 2 aromatic rings. The van der Waals surface area contributed by atoms with Crippen LogP contribution in [0.5, 0.6) is 0 Å². The van der Waals surface area contributed by atoms with Gasteiger partial charge in [0.15, 0.2) is 0 Å². The quantitative estimate of drug-likeness (QED) is 0.930. The monoisotopic (exact) mass is 269 g/mol. The summed E-state index contributed by atoms with van der Waals surface area (Å²) in [6.07, 6.45) is 2.65. The number of hydrogen-bond acceptors (Lipinski definition) is 3. The van der Waals surface area contributed by atoms with Crippen molar-refractivity contribution in [1.82, 2.24) is 10.3 Å². The summed E-state index contributed by atoms with van der Waals surface area (Å²) in [4.78, 5) is 18.6. The molecule has 2 heterocycles. The zero-order valence-corrected chi connectivity index (χ0v) is 11.8. The molecule has 104 valence electrons. The minimum absolute atomic E-state index is 0.0559. The van der Waals surface area contributed by atoms with Crippen LogP contribution < -0.4 is 10.2 Å². The average molecular weight is 269 g/mol. The Balaban J connectivity index is 1.86. The van der Waals surface area contributed by atoms with Crippen molar-refractivity contribution in [1.29, 1.82) is 0 Å². The van der Waals surface area contributed by atoms with Gasteiger partial charge in [0.25, 0.3) is 0 Å². The molecule has 3 rings (SSSR count). The predicted octanol–water partition coefficient (Wildman–Crippen LogP) is 2.34. The first kappa shape index (κ1) is 13.1. The number of benzene rings is 1. The molecule has 1 aliphatic heterocycles. The Morgan fingerprint density at radius 1 is 1.35 bits per heavy atom. The van der Waals surface area contributed by atoms with Crippen LogP contribution in [0.1, 0.15) is 20.3 Å². The van der Waals surface area contributed by atoms with Gasteiger partial charge in [0, 0.05) is 29.9 Å². The van der Waals surface area contributed by atoms with Gasteiger partial charge in [0.05, 0.1) is 11.6 Å². The normalized spacial score (nSPS) is 19.2. The van der Waals surface area contributed by atoms with E-state index in [4.69, 9.17) is 0 Å². The fraction of sp³-hybridized carbons (Fsp3) is 0.375. The Bertz CT molecular complexity index is 638. The highest BCUT2D eigenvalue weighted by Crippen LogP contribution is 2.25. The van der Waals surface area contributed by atoms with Gasteiger partial charge in [-0.3, -0.25) is 9.78 Å². The molecule has 1 unspecified atom stereocenters. The predicted molar refractivity (Wildman–Crippen MR) is 80.8 cm³/mol. The molecule has 0 spiro atoms. The number of aromatic nitrogens is 1. The van der Waals surface area contributed by atoms with E-state index in [2.05, 4.69) is 24.1 Å². The number of nitrogens with zero attached hydrogens (tertiary/aromatic N) is 2. The third-order valence-corrected chi connectivity index (χ3v) is 3.64. The number of carbonyl (C=O) groups excluding carboxylic acids is 1. The Labute approximate surface area is 118 Å². The van der Waals surface area contributed by atoms with Gasteiger partial charge in [-0.2, -0.15) is 0 Å². The van der Waals surface area contributed by atoms with Crippen molar-refractivity contribution < 1.29 is 4.79 Å². The summed E-state index contributed by atoms with van der Waals surface area (Å²) < 4.78 is 0. The second-order valence-corrected chi connectivity index (χ2v) is 5.53. The number of nitrogens with one attached hydrogen (secondary N) is 1. The van der Waals surface area contributed by atoms with E-state index in [1.807, 2.05) is 35.2 Å². The van der Waals surface area contributed by atoms with Crippen LogP contribution in [0, 0.1) is 0 Å². The van der Waals surface area contributed by atoms with Gasteiger partial charge in [-0.15, -0.1) is 0 Å². The Morgan fingerprint density at radius 3 is 3.00 bits per heavy atom. The van der Waals surface area contributed by atoms with E-state index in [0.29, 0.717) is 6.04 Å². The summed E-state index contributed by atoms with van der Waals surface area (Å²) in [6, 6.07) is 10.2. The Hall–Kier alpha value is -1.94. The average Bonchev–Trinajstić information content (AvgIpc) is 2.79. The van der Waals surface area contributed by atoms with Crippen LogP contribution in [-0.2, 0) is 4.79 Å². The molecule has 0 aliphatic carbocycles. The number of fused-ring (bicyclic) bond motifs is 1. The molecule has 1 saturated heterocycles. The van der Waals surface area contributed by atoms with E-state index in [0.717, 1.165) is 29.6 Å². The number of amides is 1. The molecule has 1 N–H and O–H groups in total. The summed E-state index contributed by atoms with van der Waals surface area (Å²) in [7, 11) is 0. The highest BCUT2D eigenvalue weighted by Gasteiger charge is 2.32. The molecule has 1 aliphatic rings. The van der Waals surface area contributed by atoms with Crippen molar-refractivity contribution in [2.24, 2.45) is 0 Å². The standard InChI is InChI=1S/C16H19N3O/c1-11(2)18-15-7-9-19(16(15)20)13-5-6-14-12(10-13)4-3-8-17-14/h3-6,8,10-11,15,18H,7,9H2,1-2H3. The maximum Gasteiger partial charge on any atom is 0.244 e. The van der Waals surface area contributed by atoms with Crippen LogP contribution in [0.4, 0.5) is 5.69 Å². The van der Waals surface area contributed by atoms with Gasteiger partial charge in [-0.25, -0.2) is 0 Å². The van der Waals surface area contributed by atoms with E-state index in [-0.39, 0.29) is 11.9 Å². The van der Waals surface area contributed by atoms with E-state index in [1.165, 1.54) is 0 Å². The second-order valence-electron chi connectivity index (χ2n) is 5.53. The van der Waals surface area contributed by atoms with Gasteiger partial charge >= 0.3 is 0 Å². The minimum atomic E-state index is -0.0559. The lowest BCUT2D eigenvalue weighted by Crippen LogP contribution is -2.41. The van der Waals surface area contributed by atoms with Gasteiger partial charge in [-0.1, -0.05) is 19.9 Å². The maximum atomic E-state index is 12.4. The molecule has 1 amide bonds. The van der Waals surface area contributed by atoms with Gasteiger partial charge < -0.3 is 10.2 Å². The lowest BCUT2D eigenvalue weighted by molar-refractivity contribution is -0.118. The van der Waals surface area contributed by atoms with E-state index >= 15 is 0 Å². The zero-order chi connectivity index (χ0) is 14.1. The van der Waals surface area contributed by atoms with Gasteiger partial charge in [0.1, 0.15) is 0 Å². The smallest absolute Gasteiger partial charge is 0.244 e. The molecule has 0 saturated carbocycles. The van der Waals surface area contributed by atoms with Crippen LogP contribution in [-0.4, -0.2) is 29.5 Å². The first-order chi connectivity index (χ1) is 9.65. The second kappa shape index (κ2) is 5.21. The number of carbonyl (C=O) groups is 1. The molecule has 1 atom stereocenters. The van der Waals surface area contributed by atoms with Crippen LogP contribution in [0.2, 0.25) is 0 Å². The van der Waals surface area contributed by atoms with Crippen molar-refractivity contribution in [2.45, 2.75) is 32.4 Å². The Kier molecular flexibility index (Phi) is 3.40. The fourth-order valence-electron chi connectivity index (χ4n) is 2.72. The molecule has 20 heavy (non-hydrogen) atoms. The summed E-state index contributed by atoms with van der Waals surface area (Å²) in [6.45, 7) is 4.91. The number of rotatable bonds is 3. The SMILES string of the molecule is CC(C)NC1CCN(c2ccc3ncccc3c2)C1=O. The van der Waals surface area contributed by atoms with Crippen molar-refractivity contribution in [2.75, 3.05) is 11.4 Å².